The van der Waals surface area contributed by atoms with Gasteiger partial charge in [-0.3, -0.25) is 9.52 Å². The van der Waals surface area contributed by atoms with Crippen LogP contribution in [-0.2, 0) is 14.8 Å². The Morgan fingerprint density at radius 3 is 2.38 bits per heavy atom. The SMILES string of the molecule is COc1c(C)cc(C)cc1S(=O)(=O)Nc1cccc(NC(C)=O)c1. The largest absolute Gasteiger partial charge is 0.495 e. The first-order valence-electron chi connectivity index (χ1n) is 7.28. The molecule has 1 amide bonds. The third-order valence-electron chi connectivity index (χ3n) is 3.31. The van der Waals surface area contributed by atoms with Gasteiger partial charge in [0, 0.05) is 12.6 Å². The van der Waals surface area contributed by atoms with Crippen LogP contribution in [0.2, 0.25) is 0 Å². The summed E-state index contributed by atoms with van der Waals surface area (Å²) in [7, 11) is -2.40. The zero-order valence-corrected chi connectivity index (χ0v) is 14.8. The molecular weight excluding hydrogens is 328 g/mol. The molecule has 0 aliphatic heterocycles. The molecule has 0 saturated carbocycles. The standard InChI is InChI=1S/C17H20N2O4S/c1-11-8-12(2)17(23-4)16(9-11)24(21,22)19-15-7-5-6-14(10-15)18-13(3)20/h5-10,19H,1-4H3,(H,18,20). The third kappa shape index (κ3) is 4.05. The number of amides is 1. The van der Waals surface area contributed by atoms with Crippen molar-refractivity contribution in [3.63, 3.8) is 0 Å². The number of rotatable bonds is 5. The van der Waals surface area contributed by atoms with E-state index >= 15 is 0 Å². The Morgan fingerprint density at radius 2 is 1.75 bits per heavy atom. The van der Waals surface area contributed by atoms with Crippen LogP contribution in [0.5, 0.6) is 5.75 Å². The Morgan fingerprint density at radius 1 is 1.08 bits per heavy atom. The van der Waals surface area contributed by atoms with E-state index < -0.39 is 10.0 Å². The Bertz CT molecular complexity index is 876. The number of methoxy groups -OCH3 is 1. The molecule has 0 aliphatic carbocycles. The van der Waals surface area contributed by atoms with Crippen molar-refractivity contribution in [2.75, 3.05) is 17.1 Å². The lowest BCUT2D eigenvalue weighted by Crippen LogP contribution is -2.15. The average molecular weight is 348 g/mol. The fourth-order valence-electron chi connectivity index (χ4n) is 2.45. The van der Waals surface area contributed by atoms with Crippen LogP contribution in [0.1, 0.15) is 18.1 Å². The molecule has 0 heterocycles. The van der Waals surface area contributed by atoms with Gasteiger partial charge in [-0.1, -0.05) is 12.1 Å². The topological polar surface area (TPSA) is 84.5 Å². The van der Waals surface area contributed by atoms with Crippen LogP contribution in [0.15, 0.2) is 41.3 Å². The molecule has 0 fully saturated rings. The van der Waals surface area contributed by atoms with Gasteiger partial charge in [-0.25, -0.2) is 8.42 Å². The van der Waals surface area contributed by atoms with Crippen molar-refractivity contribution < 1.29 is 17.9 Å². The zero-order valence-electron chi connectivity index (χ0n) is 14.0. The van der Waals surface area contributed by atoms with E-state index in [4.69, 9.17) is 4.74 Å². The summed E-state index contributed by atoms with van der Waals surface area (Å²) in [6.45, 7) is 5.00. The molecule has 128 valence electrons. The smallest absolute Gasteiger partial charge is 0.265 e. The van der Waals surface area contributed by atoms with Crippen molar-refractivity contribution in [3.05, 3.63) is 47.5 Å². The van der Waals surface area contributed by atoms with Crippen LogP contribution < -0.4 is 14.8 Å². The van der Waals surface area contributed by atoms with Crippen molar-refractivity contribution in [2.24, 2.45) is 0 Å². The van der Waals surface area contributed by atoms with Crippen LogP contribution in [-0.4, -0.2) is 21.4 Å². The number of anilines is 2. The number of carbonyl (C=O) groups excluding carboxylic acids is 1. The maximum Gasteiger partial charge on any atom is 0.265 e. The van der Waals surface area contributed by atoms with E-state index in [1.54, 1.807) is 37.3 Å². The van der Waals surface area contributed by atoms with E-state index in [1.165, 1.54) is 14.0 Å². The van der Waals surface area contributed by atoms with Gasteiger partial charge in [0.1, 0.15) is 10.6 Å². The summed E-state index contributed by atoms with van der Waals surface area (Å²) >= 11 is 0. The number of sulfonamides is 1. The molecule has 2 N–H and O–H groups in total. The fourth-order valence-corrected chi connectivity index (χ4v) is 3.83. The first kappa shape index (κ1) is 17.8. The molecule has 2 aromatic carbocycles. The molecule has 0 spiro atoms. The van der Waals surface area contributed by atoms with Crippen LogP contribution in [0.4, 0.5) is 11.4 Å². The molecule has 0 aromatic heterocycles. The number of hydrogen-bond donors (Lipinski definition) is 2. The molecule has 2 aromatic rings. The first-order chi connectivity index (χ1) is 11.2. The van der Waals surface area contributed by atoms with Gasteiger partial charge in [0.15, 0.2) is 0 Å². The molecular formula is C17H20N2O4S. The summed E-state index contributed by atoms with van der Waals surface area (Å²) in [6, 6.07) is 9.91. The molecule has 0 bridgehead atoms. The minimum absolute atomic E-state index is 0.0763. The normalized spacial score (nSPS) is 11.0. The van der Waals surface area contributed by atoms with E-state index in [1.807, 2.05) is 13.0 Å². The average Bonchev–Trinajstić information content (AvgIpc) is 2.45. The summed E-state index contributed by atoms with van der Waals surface area (Å²) < 4.78 is 33.3. The second-order valence-electron chi connectivity index (χ2n) is 5.48. The minimum Gasteiger partial charge on any atom is -0.495 e. The summed E-state index contributed by atoms with van der Waals surface area (Å²) in [6.07, 6.45) is 0. The van der Waals surface area contributed by atoms with E-state index in [9.17, 15) is 13.2 Å². The maximum atomic E-state index is 12.7. The lowest BCUT2D eigenvalue weighted by atomic mass is 10.1. The lowest BCUT2D eigenvalue weighted by molar-refractivity contribution is -0.114. The predicted molar refractivity (Wildman–Crippen MR) is 94.0 cm³/mol. The second kappa shape index (κ2) is 6.92. The highest BCUT2D eigenvalue weighted by Crippen LogP contribution is 2.30. The van der Waals surface area contributed by atoms with Crippen LogP contribution in [0.25, 0.3) is 0 Å². The summed E-state index contributed by atoms with van der Waals surface area (Å²) in [5.74, 6) is 0.0806. The summed E-state index contributed by atoms with van der Waals surface area (Å²) in [5.41, 5.74) is 2.42. The fraction of sp³-hybridized carbons (Fsp3) is 0.235. The number of benzene rings is 2. The summed E-state index contributed by atoms with van der Waals surface area (Å²) in [4.78, 5) is 11.2. The Hall–Kier alpha value is -2.54. The quantitative estimate of drug-likeness (QED) is 0.870. The number of hydrogen-bond acceptors (Lipinski definition) is 4. The van der Waals surface area contributed by atoms with Crippen molar-refractivity contribution in [2.45, 2.75) is 25.7 Å². The first-order valence-corrected chi connectivity index (χ1v) is 8.77. The van der Waals surface area contributed by atoms with Crippen molar-refractivity contribution in [3.8, 4) is 5.75 Å². The molecule has 7 heteroatoms. The van der Waals surface area contributed by atoms with Gasteiger partial charge in [-0.05, 0) is 49.2 Å². The van der Waals surface area contributed by atoms with Crippen molar-refractivity contribution in [1.82, 2.24) is 0 Å². The van der Waals surface area contributed by atoms with Gasteiger partial charge in [-0.2, -0.15) is 0 Å². The van der Waals surface area contributed by atoms with Gasteiger partial charge in [0.2, 0.25) is 5.91 Å². The van der Waals surface area contributed by atoms with Gasteiger partial charge in [0.05, 0.1) is 12.8 Å². The van der Waals surface area contributed by atoms with Crippen LogP contribution in [0.3, 0.4) is 0 Å². The van der Waals surface area contributed by atoms with Crippen molar-refractivity contribution in [1.29, 1.82) is 0 Å². The Balaban J connectivity index is 2.41. The van der Waals surface area contributed by atoms with E-state index in [-0.39, 0.29) is 10.8 Å². The second-order valence-corrected chi connectivity index (χ2v) is 7.13. The van der Waals surface area contributed by atoms with E-state index in [0.717, 1.165) is 11.1 Å². The van der Waals surface area contributed by atoms with Gasteiger partial charge in [-0.15, -0.1) is 0 Å². The minimum atomic E-state index is -3.83. The molecule has 0 saturated heterocycles. The monoisotopic (exact) mass is 348 g/mol. The molecule has 0 aliphatic rings. The highest BCUT2D eigenvalue weighted by molar-refractivity contribution is 7.92. The predicted octanol–water partition coefficient (Wildman–Crippen LogP) is 3.07. The number of nitrogens with one attached hydrogen (secondary N) is 2. The molecule has 2 rings (SSSR count). The van der Waals surface area contributed by atoms with Crippen molar-refractivity contribution >= 4 is 27.3 Å². The molecule has 0 radical (unpaired) electrons. The van der Waals surface area contributed by atoms with Crippen LogP contribution >= 0.6 is 0 Å². The van der Waals surface area contributed by atoms with Crippen LogP contribution in [0, 0.1) is 13.8 Å². The van der Waals surface area contributed by atoms with E-state index in [2.05, 4.69) is 10.0 Å². The van der Waals surface area contributed by atoms with Gasteiger partial charge in [0.25, 0.3) is 10.0 Å². The third-order valence-corrected chi connectivity index (χ3v) is 4.70. The Kier molecular flexibility index (Phi) is 5.14. The number of aryl methyl sites for hydroxylation is 2. The highest BCUT2D eigenvalue weighted by atomic mass is 32.2. The summed E-state index contributed by atoms with van der Waals surface area (Å²) in [5, 5.41) is 2.61. The number of carbonyl (C=O) groups is 1. The molecule has 0 atom stereocenters. The maximum absolute atomic E-state index is 12.7. The zero-order chi connectivity index (χ0) is 17.9. The molecule has 6 nitrogen and oxygen atoms in total. The Labute approximate surface area is 141 Å². The van der Waals surface area contributed by atoms with Gasteiger partial charge >= 0.3 is 0 Å². The van der Waals surface area contributed by atoms with Gasteiger partial charge < -0.3 is 10.1 Å². The molecule has 0 unspecified atom stereocenters. The molecule has 24 heavy (non-hydrogen) atoms. The lowest BCUT2D eigenvalue weighted by Gasteiger charge is -2.15. The van der Waals surface area contributed by atoms with E-state index in [0.29, 0.717) is 17.1 Å². The highest BCUT2D eigenvalue weighted by Gasteiger charge is 2.21. The number of ether oxygens (including phenoxy) is 1.